The van der Waals surface area contributed by atoms with E-state index in [4.69, 9.17) is 0 Å². The number of H-pyrrole nitrogens is 1. The van der Waals surface area contributed by atoms with Crippen molar-refractivity contribution in [3.05, 3.63) is 46.8 Å². The van der Waals surface area contributed by atoms with Gasteiger partial charge in [0.1, 0.15) is 0 Å². The zero-order chi connectivity index (χ0) is 17.1. The normalized spacial score (nSPS) is 16.5. The molecule has 7 heteroatoms. The van der Waals surface area contributed by atoms with Crippen molar-refractivity contribution in [3.63, 3.8) is 0 Å². The number of nitrogens with one attached hydrogen (secondary N) is 3. The molecule has 0 radical (unpaired) electrons. The van der Waals surface area contributed by atoms with Crippen LogP contribution in [0.4, 0.5) is 5.69 Å². The monoisotopic (exact) mass is 375 g/mol. The van der Waals surface area contributed by atoms with E-state index in [0.717, 1.165) is 37.3 Å². The average molecular weight is 376 g/mol. The van der Waals surface area contributed by atoms with E-state index < -0.39 is 0 Å². The number of amides is 1. The Morgan fingerprint density at radius 1 is 1.19 bits per heavy atom. The van der Waals surface area contributed by atoms with Crippen molar-refractivity contribution in [2.75, 3.05) is 24.5 Å². The minimum absolute atomic E-state index is 0. The van der Waals surface area contributed by atoms with Gasteiger partial charge in [0.05, 0.1) is 0 Å². The highest BCUT2D eigenvalue weighted by Crippen LogP contribution is 2.24. The van der Waals surface area contributed by atoms with Gasteiger partial charge < -0.3 is 15.5 Å². The first kappa shape index (κ1) is 18.7. The lowest BCUT2D eigenvalue weighted by Gasteiger charge is -2.30. The van der Waals surface area contributed by atoms with Crippen LogP contribution in [0, 0.1) is 0 Å². The zero-order valence-corrected chi connectivity index (χ0v) is 15.7. The van der Waals surface area contributed by atoms with E-state index in [1.165, 1.54) is 30.5 Å². The van der Waals surface area contributed by atoms with Gasteiger partial charge in [-0.15, -0.1) is 12.4 Å². The summed E-state index contributed by atoms with van der Waals surface area (Å²) in [5, 5.41) is 13.6. The van der Waals surface area contributed by atoms with E-state index in [-0.39, 0.29) is 18.3 Å². The highest BCUT2D eigenvalue weighted by molar-refractivity contribution is 5.94. The zero-order valence-electron chi connectivity index (χ0n) is 14.9. The minimum atomic E-state index is -0.102. The lowest BCUT2D eigenvalue weighted by Crippen LogP contribution is -2.32. The molecule has 1 aromatic heterocycles. The number of anilines is 1. The predicted octanol–water partition coefficient (Wildman–Crippen LogP) is 2.40. The van der Waals surface area contributed by atoms with Crippen LogP contribution in [0.5, 0.6) is 0 Å². The maximum absolute atomic E-state index is 12.6. The number of aromatic nitrogens is 2. The molecule has 0 spiro atoms. The third-order valence-electron chi connectivity index (χ3n) is 5.15. The van der Waals surface area contributed by atoms with Crippen LogP contribution >= 0.6 is 12.4 Å². The Morgan fingerprint density at radius 2 is 2.00 bits per heavy atom. The summed E-state index contributed by atoms with van der Waals surface area (Å²) in [5.74, 6) is -0.102. The largest absolute Gasteiger partial charge is 0.371 e. The number of nitrogens with zero attached hydrogens (tertiary/aromatic N) is 2. The molecule has 2 aliphatic rings. The van der Waals surface area contributed by atoms with E-state index in [2.05, 4.69) is 43.9 Å². The molecule has 2 aliphatic heterocycles. The second-order valence-electron chi connectivity index (χ2n) is 6.82. The number of carbonyl (C=O) groups is 1. The molecule has 0 bridgehead atoms. The van der Waals surface area contributed by atoms with Crippen molar-refractivity contribution in [2.24, 2.45) is 0 Å². The number of halogens is 1. The summed E-state index contributed by atoms with van der Waals surface area (Å²) in [5.41, 5.74) is 5.02. The van der Waals surface area contributed by atoms with Crippen molar-refractivity contribution < 1.29 is 4.79 Å². The molecule has 0 atom stereocenters. The summed E-state index contributed by atoms with van der Waals surface area (Å²) in [7, 11) is 0. The maximum Gasteiger partial charge on any atom is 0.272 e. The van der Waals surface area contributed by atoms with Gasteiger partial charge in [-0.25, -0.2) is 0 Å². The van der Waals surface area contributed by atoms with Crippen LogP contribution in [0.1, 0.15) is 46.6 Å². The molecular weight excluding hydrogens is 350 g/mol. The quantitative estimate of drug-likeness (QED) is 0.767. The molecule has 1 fully saturated rings. The van der Waals surface area contributed by atoms with Crippen molar-refractivity contribution in [1.82, 2.24) is 20.8 Å². The van der Waals surface area contributed by atoms with Gasteiger partial charge in [0.15, 0.2) is 5.69 Å². The molecule has 26 heavy (non-hydrogen) atoms. The molecule has 1 saturated heterocycles. The van der Waals surface area contributed by atoms with E-state index in [0.29, 0.717) is 18.8 Å². The molecule has 140 valence electrons. The van der Waals surface area contributed by atoms with E-state index in [1.807, 2.05) is 6.07 Å². The minimum Gasteiger partial charge on any atom is -0.371 e. The van der Waals surface area contributed by atoms with E-state index in [9.17, 15) is 4.79 Å². The van der Waals surface area contributed by atoms with Crippen molar-refractivity contribution in [2.45, 2.75) is 38.8 Å². The molecule has 1 aromatic carbocycles. The lowest BCUT2D eigenvalue weighted by atomic mass is 10.1. The Bertz CT molecular complexity index is 754. The SMILES string of the molecule is Cl.O=C(NCc1ccccc1N1CCCCC1)c1n[nH]c2c1CNCC2. The fraction of sp³-hybridized carbons (Fsp3) is 0.474. The van der Waals surface area contributed by atoms with Gasteiger partial charge in [-0.1, -0.05) is 18.2 Å². The molecule has 3 N–H and O–H groups in total. The van der Waals surface area contributed by atoms with Gasteiger partial charge in [0.25, 0.3) is 5.91 Å². The van der Waals surface area contributed by atoms with Crippen molar-refractivity contribution >= 4 is 24.0 Å². The van der Waals surface area contributed by atoms with Gasteiger partial charge in [-0.05, 0) is 30.9 Å². The number of piperidine rings is 1. The van der Waals surface area contributed by atoms with Crippen molar-refractivity contribution in [1.29, 1.82) is 0 Å². The standard InChI is InChI=1S/C19H25N5O.ClH/c25-19(18-15-13-20-9-8-16(15)22-23-18)21-12-14-6-2-3-7-17(14)24-10-4-1-5-11-24;/h2-3,6-7,20H,1,4-5,8-13H2,(H,21,25)(H,22,23);1H. The van der Waals surface area contributed by atoms with Crippen molar-refractivity contribution in [3.8, 4) is 0 Å². The fourth-order valence-corrected chi connectivity index (χ4v) is 3.78. The second kappa shape index (κ2) is 8.56. The Kier molecular flexibility index (Phi) is 6.16. The van der Waals surface area contributed by atoms with Crippen LogP contribution in [-0.4, -0.2) is 35.7 Å². The molecule has 6 nitrogen and oxygen atoms in total. The van der Waals surface area contributed by atoms with Gasteiger partial charge in [-0.2, -0.15) is 5.10 Å². The Balaban J connectivity index is 0.00000196. The third kappa shape index (κ3) is 3.86. The Hall–Kier alpha value is -2.05. The number of hydrogen-bond acceptors (Lipinski definition) is 4. The van der Waals surface area contributed by atoms with Crippen LogP contribution in [0.15, 0.2) is 24.3 Å². The first-order valence-electron chi connectivity index (χ1n) is 9.21. The van der Waals surface area contributed by atoms with Crippen LogP contribution in [0.2, 0.25) is 0 Å². The predicted molar refractivity (Wildman–Crippen MR) is 105 cm³/mol. The molecule has 3 heterocycles. The number of aromatic amines is 1. The van der Waals surface area contributed by atoms with E-state index >= 15 is 0 Å². The van der Waals surface area contributed by atoms with Crippen LogP contribution < -0.4 is 15.5 Å². The number of hydrogen-bond donors (Lipinski definition) is 3. The summed E-state index contributed by atoms with van der Waals surface area (Å²) in [6, 6.07) is 8.37. The lowest BCUT2D eigenvalue weighted by molar-refractivity contribution is 0.0944. The third-order valence-corrected chi connectivity index (χ3v) is 5.15. The van der Waals surface area contributed by atoms with Crippen LogP contribution in [0.3, 0.4) is 0 Å². The average Bonchev–Trinajstić information content (AvgIpc) is 3.11. The Labute approximate surface area is 160 Å². The number of carbonyl (C=O) groups excluding carboxylic acids is 1. The summed E-state index contributed by atoms with van der Waals surface area (Å²) >= 11 is 0. The molecule has 1 amide bonds. The van der Waals surface area contributed by atoms with Gasteiger partial charge >= 0.3 is 0 Å². The first-order valence-corrected chi connectivity index (χ1v) is 9.21. The highest BCUT2D eigenvalue weighted by atomic mass is 35.5. The fourth-order valence-electron chi connectivity index (χ4n) is 3.78. The second-order valence-corrected chi connectivity index (χ2v) is 6.82. The Morgan fingerprint density at radius 3 is 2.85 bits per heavy atom. The molecule has 0 saturated carbocycles. The number of rotatable bonds is 4. The molecule has 2 aromatic rings. The molecule has 4 rings (SSSR count). The molecule has 0 unspecified atom stereocenters. The van der Waals surface area contributed by atoms with Gasteiger partial charge in [0, 0.05) is 56.1 Å². The smallest absolute Gasteiger partial charge is 0.272 e. The first-order chi connectivity index (χ1) is 12.3. The summed E-state index contributed by atoms with van der Waals surface area (Å²) in [4.78, 5) is 15.0. The summed E-state index contributed by atoms with van der Waals surface area (Å²) < 4.78 is 0. The van der Waals surface area contributed by atoms with Crippen LogP contribution in [-0.2, 0) is 19.5 Å². The summed E-state index contributed by atoms with van der Waals surface area (Å²) in [6.07, 6.45) is 4.70. The number of fused-ring (bicyclic) bond motifs is 1. The maximum atomic E-state index is 12.6. The highest BCUT2D eigenvalue weighted by Gasteiger charge is 2.22. The van der Waals surface area contributed by atoms with Gasteiger partial charge in [0.2, 0.25) is 0 Å². The van der Waals surface area contributed by atoms with Gasteiger partial charge in [-0.3, -0.25) is 9.89 Å². The topological polar surface area (TPSA) is 73.0 Å². The van der Waals surface area contributed by atoms with Crippen LogP contribution in [0.25, 0.3) is 0 Å². The molecular formula is C19H26ClN5O. The molecule has 0 aliphatic carbocycles. The van der Waals surface area contributed by atoms with E-state index in [1.54, 1.807) is 0 Å². The summed E-state index contributed by atoms with van der Waals surface area (Å²) in [6.45, 7) is 4.37. The number of benzene rings is 1. The number of para-hydroxylation sites is 1.